The van der Waals surface area contributed by atoms with Crippen molar-refractivity contribution >= 4 is 6.09 Å². The van der Waals surface area contributed by atoms with Crippen LogP contribution >= 0.6 is 0 Å². The fraction of sp³-hybridized carbons (Fsp3) is 0.619. The number of hydrogen-bond donors (Lipinski definition) is 0. The largest absolute Gasteiger partial charge is 0.573 e. The van der Waals surface area contributed by atoms with Gasteiger partial charge in [0.1, 0.15) is 11.4 Å². The van der Waals surface area contributed by atoms with Crippen LogP contribution in [0.4, 0.5) is 18.0 Å². The average Bonchev–Trinajstić information content (AvgIpc) is 2.62. The molecule has 2 atom stereocenters. The number of ether oxygens (including phenoxy) is 2. The number of carbonyl (C=O) groups excluding carboxylic acids is 1. The van der Waals surface area contributed by atoms with Crippen molar-refractivity contribution in [2.24, 2.45) is 0 Å². The third kappa shape index (κ3) is 5.57. The lowest BCUT2D eigenvalue weighted by molar-refractivity contribution is -0.274. The number of halogens is 3. The molecule has 0 N–H and O–H groups in total. The number of alkyl halides is 3. The van der Waals surface area contributed by atoms with Gasteiger partial charge in [-0.2, -0.15) is 0 Å². The Bertz CT molecular complexity index is 784. The van der Waals surface area contributed by atoms with Gasteiger partial charge >= 0.3 is 18.1 Å². The fourth-order valence-electron chi connectivity index (χ4n) is 3.70. The van der Waals surface area contributed by atoms with Crippen LogP contribution in [0.1, 0.15) is 46.6 Å². The van der Waals surface area contributed by atoms with Crippen molar-refractivity contribution in [2.75, 3.05) is 19.6 Å². The number of piperazine rings is 1. The smallest absolute Gasteiger partial charge is 0.444 e. The molecular formula is C21H28F3N3O3. The minimum absolute atomic E-state index is 0.147. The molecular weight excluding hydrogens is 399 g/mol. The summed E-state index contributed by atoms with van der Waals surface area (Å²) in [6, 6.07) is 5.29. The number of benzene rings is 1. The van der Waals surface area contributed by atoms with E-state index in [4.69, 9.17) is 11.3 Å². The Labute approximate surface area is 175 Å². The van der Waals surface area contributed by atoms with Crippen LogP contribution in [0.25, 0.3) is 4.85 Å². The monoisotopic (exact) mass is 427 g/mol. The normalized spacial score (nSPS) is 20.2. The second kappa shape index (κ2) is 8.72. The summed E-state index contributed by atoms with van der Waals surface area (Å²) in [5, 5.41) is 0. The molecule has 0 saturated carbocycles. The SMILES string of the molecule is [C-]#[N+]C(CC)(c1ccc(OC(F)(F)F)cc1)N1CCN(C(=O)OC(C)(C)C)CC1C. The van der Waals surface area contributed by atoms with Crippen LogP contribution in [0.2, 0.25) is 0 Å². The molecule has 1 aliphatic rings. The van der Waals surface area contributed by atoms with Crippen molar-refractivity contribution in [1.82, 2.24) is 9.80 Å². The van der Waals surface area contributed by atoms with E-state index in [2.05, 4.69) is 9.58 Å². The molecule has 166 valence electrons. The Morgan fingerprint density at radius 1 is 1.20 bits per heavy atom. The van der Waals surface area contributed by atoms with Gasteiger partial charge < -0.3 is 14.4 Å². The van der Waals surface area contributed by atoms with E-state index in [0.29, 0.717) is 31.6 Å². The summed E-state index contributed by atoms with van der Waals surface area (Å²) in [6.07, 6.45) is -4.73. The van der Waals surface area contributed by atoms with Gasteiger partial charge in [0.15, 0.2) is 0 Å². The number of carbonyl (C=O) groups is 1. The topological polar surface area (TPSA) is 46.4 Å². The van der Waals surface area contributed by atoms with E-state index < -0.39 is 23.7 Å². The number of rotatable bonds is 4. The molecule has 6 nitrogen and oxygen atoms in total. The maximum Gasteiger partial charge on any atom is 0.573 e. The molecule has 2 rings (SSSR count). The third-order valence-corrected chi connectivity index (χ3v) is 4.98. The van der Waals surface area contributed by atoms with Crippen LogP contribution in [0, 0.1) is 6.57 Å². The number of nitrogens with zero attached hydrogens (tertiary/aromatic N) is 3. The molecule has 1 aliphatic heterocycles. The molecule has 0 aliphatic carbocycles. The van der Waals surface area contributed by atoms with Gasteiger partial charge in [-0.05, 0) is 52.0 Å². The Hall–Kier alpha value is -2.47. The maximum atomic E-state index is 12.4. The first-order valence-electron chi connectivity index (χ1n) is 9.81. The summed E-state index contributed by atoms with van der Waals surface area (Å²) in [7, 11) is 0. The molecule has 9 heteroatoms. The van der Waals surface area contributed by atoms with E-state index in [1.165, 1.54) is 24.3 Å². The van der Waals surface area contributed by atoms with Crippen molar-refractivity contribution in [3.05, 3.63) is 41.2 Å². The first-order valence-corrected chi connectivity index (χ1v) is 9.81. The van der Waals surface area contributed by atoms with E-state index in [9.17, 15) is 18.0 Å². The second-order valence-electron chi connectivity index (χ2n) is 8.32. The standard InChI is InChI=1S/C21H28F3N3O3/c1-7-20(25-6,16-8-10-17(11-9-16)29-21(22,23)24)27-13-12-26(14-15(27)2)18(28)30-19(3,4)5/h8-11,15H,7,12-14H2,1-5H3. The second-order valence-corrected chi connectivity index (χ2v) is 8.32. The number of hydrogen-bond acceptors (Lipinski definition) is 4. The zero-order chi connectivity index (χ0) is 22.7. The Kier molecular flexibility index (Phi) is 6.92. The summed E-state index contributed by atoms with van der Waals surface area (Å²) < 4.78 is 46.7. The van der Waals surface area contributed by atoms with Crippen molar-refractivity contribution in [3.63, 3.8) is 0 Å². The minimum atomic E-state index is -4.77. The number of amides is 1. The fourth-order valence-corrected chi connectivity index (χ4v) is 3.70. The van der Waals surface area contributed by atoms with Gasteiger partial charge in [-0.15, -0.1) is 13.2 Å². The lowest BCUT2D eigenvalue weighted by Crippen LogP contribution is -2.60. The van der Waals surface area contributed by atoms with Crippen LogP contribution in [-0.2, 0) is 10.4 Å². The van der Waals surface area contributed by atoms with Gasteiger partial charge in [-0.3, -0.25) is 4.85 Å². The van der Waals surface area contributed by atoms with Gasteiger partial charge in [-0.1, -0.05) is 6.92 Å². The summed E-state index contributed by atoms with van der Waals surface area (Å²) in [4.78, 5) is 19.9. The van der Waals surface area contributed by atoms with Crippen molar-refractivity contribution in [2.45, 2.75) is 64.7 Å². The van der Waals surface area contributed by atoms with E-state index in [1.54, 1.807) is 25.7 Å². The molecule has 0 radical (unpaired) electrons. The quantitative estimate of drug-likeness (QED) is 0.634. The molecule has 30 heavy (non-hydrogen) atoms. The summed E-state index contributed by atoms with van der Waals surface area (Å²) >= 11 is 0. The maximum absolute atomic E-state index is 12.4. The van der Waals surface area contributed by atoms with Crippen LogP contribution in [0.15, 0.2) is 24.3 Å². The first kappa shape index (κ1) is 23.8. The Morgan fingerprint density at radius 3 is 2.23 bits per heavy atom. The highest BCUT2D eigenvalue weighted by molar-refractivity contribution is 5.68. The van der Waals surface area contributed by atoms with E-state index >= 15 is 0 Å². The molecule has 1 saturated heterocycles. The Balaban J connectivity index is 2.22. The summed E-state index contributed by atoms with van der Waals surface area (Å²) in [5.74, 6) is -0.330. The minimum Gasteiger partial charge on any atom is -0.444 e. The highest BCUT2D eigenvalue weighted by Gasteiger charge is 2.48. The zero-order valence-electron chi connectivity index (χ0n) is 17.9. The van der Waals surface area contributed by atoms with E-state index in [-0.39, 0.29) is 11.8 Å². The van der Waals surface area contributed by atoms with Crippen LogP contribution in [0.5, 0.6) is 5.75 Å². The van der Waals surface area contributed by atoms with Crippen LogP contribution in [0.3, 0.4) is 0 Å². The van der Waals surface area contributed by atoms with E-state index in [1.807, 2.05) is 18.7 Å². The average molecular weight is 427 g/mol. The van der Waals surface area contributed by atoms with Crippen LogP contribution < -0.4 is 4.74 Å². The van der Waals surface area contributed by atoms with Gasteiger partial charge in [0.25, 0.3) is 0 Å². The van der Waals surface area contributed by atoms with Crippen molar-refractivity contribution < 1.29 is 27.4 Å². The lowest BCUT2D eigenvalue weighted by atomic mass is 9.92. The van der Waals surface area contributed by atoms with Gasteiger partial charge in [0.2, 0.25) is 0 Å². The molecule has 1 aromatic carbocycles. The molecule has 0 bridgehead atoms. The molecule has 2 unspecified atom stereocenters. The summed E-state index contributed by atoms with van der Waals surface area (Å²) in [6.45, 7) is 18.3. The molecule has 0 aromatic heterocycles. The van der Waals surface area contributed by atoms with Crippen molar-refractivity contribution in [1.29, 1.82) is 0 Å². The summed E-state index contributed by atoms with van der Waals surface area (Å²) in [5.41, 5.74) is -1.05. The van der Waals surface area contributed by atoms with Gasteiger partial charge in [0.05, 0.1) is 5.56 Å². The highest BCUT2D eigenvalue weighted by atomic mass is 19.4. The Morgan fingerprint density at radius 2 is 1.80 bits per heavy atom. The third-order valence-electron chi connectivity index (χ3n) is 4.98. The molecule has 1 aromatic rings. The predicted octanol–water partition coefficient (Wildman–Crippen LogP) is 5.01. The van der Waals surface area contributed by atoms with Crippen LogP contribution in [-0.4, -0.2) is 53.5 Å². The van der Waals surface area contributed by atoms with Gasteiger partial charge in [0, 0.05) is 32.1 Å². The lowest BCUT2D eigenvalue weighted by Gasteiger charge is -2.44. The first-order chi connectivity index (χ1) is 13.8. The molecule has 1 fully saturated rings. The van der Waals surface area contributed by atoms with Crippen molar-refractivity contribution in [3.8, 4) is 5.75 Å². The molecule has 1 heterocycles. The molecule has 1 amide bonds. The van der Waals surface area contributed by atoms with Gasteiger partial charge in [-0.25, -0.2) is 16.3 Å². The highest BCUT2D eigenvalue weighted by Crippen LogP contribution is 2.38. The zero-order valence-corrected chi connectivity index (χ0v) is 17.9. The predicted molar refractivity (Wildman–Crippen MR) is 106 cm³/mol. The van der Waals surface area contributed by atoms with E-state index in [0.717, 1.165) is 0 Å². The molecule has 0 spiro atoms.